The molecule has 0 saturated heterocycles. The highest BCUT2D eigenvalue weighted by Gasteiger charge is 2.14. The Hall–Kier alpha value is 0.270. The predicted molar refractivity (Wildman–Crippen MR) is 311 cm³/mol. The molecule has 0 aliphatic rings. The second-order valence-electron chi connectivity index (χ2n) is 21.1. The van der Waals surface area contributed by atoms with Crippen molar-refractivity contribution in [1.82, 2.24) is 0 Å². The van der Waals surface area contributed by atoms with E-state index in [9.17, 15) is 0 Å². The lowest BCUT2D eigenvalue weighted by atomic mass is 10.0. The molecule has 0 aliphatic heterocycles. The van der Waals surface area contributed by atoms with Crippen LogP contribution >= 0.6 is 35.3 Å². The molecule has 0 aromatic heterocycles. The molecule has 0 radical (unpaired) electrons. The van der Waals surface area contributed by atoms with Gasteiger partial charge in [-0.3, -0.25) is 0 Å². The number of hydrogen-bond donors (Lipinski definition) is 0. The second-order valence-corrected chi connectivity index (χ2v) is 24.5. The lowest BCUT2D eigenvalue weighted by Gasteiger charge is -2.17. The van der Waals surface area contributed by atoms with E-state index in [0.717, 1.165) is 0 Å². The highest BCUT2D eigenvalue weighted by molar-refractivity contribution is 8.03. The van der Waals surface area contributed by atoms with Gasteiger partial charge in [-0.2, -0.15) is 0 Å². The summed E-state index contributed by atoms with van der Waals surface area (Å²) in [6.07, 6.45) is 72.1. The zero-order valence-electron chi connectivity index (χ0n) is 45.9. The van der Waals surface area contributed by atoms with Gasteiger partial charge in [-0.05, 0) is 60.6 Å². The molecule has 0 amide bonds. The maximum atomic E-state index is 2.62. The van der Waals surface area contributed by atoms with Gasteiger partial charge in [0.25, 0.3) is 0 Å². The van der Waals surface area contributed by atoms with Crippen molar-refractivity contribution in [2.24, 2.45) is 0 Å². The highest BCUT2D eigenvalue weighted by atomic mass is 32.2. The summed E-state index contributed by atoms with van der Waals surface area (Å²) in [6, 6.07) is 5.24. The van der Waals surface area contributed by atoms with Gasteiger partial charge in [-0.1, -0.05) is 323 Å². The Morgan fingerprint density at radius 1 is 0.227 bits per heavy atom. The number of thioether (sulfide) groups is 3. The quantitative estimate of drug-likeness (QED) is 0.0472. The van der Waals surface area contributed by atoms with Crippen LogP contribution in [-0.2, 0) is 6.42 Å². The predicted octanol–water partition coefficient (Wildman–Crippen LogP) is 24.7. The zero-order chi connectivity index (χ0) is 47.3. The van der Waals surface area contributed by atoms with Crippen LogP contribution in [0.3, 0.4) is 0 Å². The van der Waals surface area contributed by atoms with Crippen molar-refractivity contribution in [3.05, 3.63) is 17.7 Å². The van der Waals surface area contributed by atoms with Gasteiger partial charge in [0.1, 0.15) is 0 Å². The van der Waals surface area contributed by atoms with E-state index < -0.39 is 0 Å². The Morgan fingerprint density at radius 2 is 0.424 bits per heavy atom. The first kappa shape index (κ1) is 64.3. The monoisotopic (exact) mass is 973 g/mol. The van der Waals surface area contributed by atoms with E-state index in [1.807, 2.05) is 0 Å². The van der Waals surface area contributed by atoms with Crippen molar-refractivity contribution >= 4 is 35.3 Å². The minimum Gasteiger partial charge on any atom is -0.125 e. The Bertz CT molecular complexity index is 1010. The van der Waals surface area contributed by atoms with Crippen LogP contribution < -0.4 is 0 Å². The summed E-state index contributed by atoms with van der Waals surface area (Å²) in [6.45, 7) is 9.33. The molecule has 66 heavy (non-hydrogen) atoms. The molecule has 0 heterocycles. The van der Waals surface area contributed by atoms with E-state index in [-0.39, 0.29) is 0 Å². The molecule has 0 aliphatic carbocycles. The maximum Gasteiger partial charge on any atom is 0.0344 e. The topological polar surface area (TPSA) is 0 Å². The number of rotatable bonds is 56. The number of unbranched alkanes of at least 4 members (excludes halogenated alkanes) is 45. The van der Waals surface area contributed by atoms with E-state index in [4.69, 9.17) is 0 Å². The van der Waals surface area contributed by atoms with Gasteiger partial charge in [0, 0.05) is 14.7 Å². The SMILES string of the molecule is CCCCCCCCCCCCCCCCCCSc1cc(CCC)cc(SCCCCCCCCCCCCCCCCCC)c1SCCCCCCCCCCCCCCCCCC. The highest BCUT2D eigenvalue weighted by Crippen LogP contribution is 2.41. The van der Waals surface area contributed by atoms with Gasteiger partial charge in [-0.15, -0.1) is 35.3 Å². The van der Waals surface area contributed by atoms with Gasteiger partial charge in [0.05, 0.1) is 0 Å². The van der Waals surface area contributed by atoms with Crippen molar-refractivity contribution in [2.75, 3.05) is 17.3 Å². The summed E-state index contributed by atoms with van der Waals surface area (Å²) in [5, 5.41) is 0. The lowest BCUT2D eigenvalue weighted by Crippen LogP contribution is -1.94. The van der Waals surface area contributed by atoms with Crippen LogP contribution in [0.4, 0.5) is 0 Å². The molecule has 0 N–H and O–H groups in total. The van der Waals surface area contributed by atoms with Crippen LogP contribution in [0.2, 0.25) is 0 Å². The maximum absolute atomic E-state index is 2.62. The molecule has 0 fully saturated rings. The fraction of sp³-hybridized carbons (Fsp3) is 0.905. The number of aryl methyl sites for hydroxylation is 1. The van der Waals surface area contributed by atoms with Gasteiger partial charge in [-0.25, -0.2) is 0 Å². The Balaban J connectivity index is 2.45. The first-order valence-electron chi connectivity index (χ1n) is 30.8. The van der Waals surface area contributed by atoms with Crippen molar-refractivity contribution < 1.29 is 0 Å². The van der Waals surface area contributed by atoms with Crippen LogP contribution in [0, 0.1) is 0 Å². The molecule has 0 bridgehead atoms. The van der Waals surface area contributed by atoms with Crippen molar-refractivity contribution in [1.29, 1.82) is 0 Å². The van der Waals surface area contributed by atoms with Crippen LogP contribution in [-0.4, -0.2) is 17.3 Å². The average molecular weight is 974 g/mol. The van der Waals surface area contributed by atoms with E-state index in [1.165, 1.54) is 338 Å². The van der Waals surface area contributed by atoms with Gasteiger partial charge in [0.15, 0.2) is 0 Å². The molecule has 390 valence electrons. The smallest absolute Gasteiger partial charge is 0.0344 e. The minimum atomic E-state index is 1.23. The Kier molecular flexibility index (Phi) is 53.2. The largest absolute Gasteiger partial charge is 0.125 e. The molecule has 1 rings (SSSR count). The van der Waals surface area contributed by atoms with Crippen molar-refractivity contribution in [2.45, 2.75) is 363 Å². The minimum absolute atomic E-state index is 1.23. The summed E-state index contributed by atoms with van der Waals surface area (Å²) >= 11 is 6.64. The lowest BCUT2D eigenvalue weighted by molar-refractivity contribution is 0.531. The third-order valence-electron chi connectivity index (χ3n) is 14.4. The Morgan fingerprint density at radius 3 is 0.636 bits per heavy atom. The van der Waals surface area contributed by atoms with Gasteiger partial charge >= 0.3 is 0 Å². The summed E-state index contributed by atoms with van der Waals surface area (Å²) in [4.78, 5) is 4.90. The first-order valence-corrected chi connectivity index (χ1v) is 33.8. The molecule has 3 heteroatoms. The van der Waals surface area contributed by atoms with Crippen LogP contribution in [0.15, 0.2) is 26.8 Å². The second kappa shape index (κ2) is 54.6. The van der Waals surface area contributed by atoms with Crippen LogP contribution in [0.25, 0.3) is 0 Å². The molecule has 0 unspecified atom stereocenters. The molecule has 0 atom stereocenters. The van der Waals surface area contributed by atoms with Crippen LogP contribution in [0.5, 0.6) is 0 Å². The third kappa shape index (κ3) is 44.2. The number of benzene rings is 1. The molecular weight excluding hydrogens is 853 g/mol. The molecule has 1 aromatic rings. The van der Waals surface area contributed by atoms with Crippen molar-refractivity contribution in [3.8, 4) is 0 Å². The molecular formula is C63H120S3. The fourth-order valence-corrected chi connectivity index (χ4v) is 13.7. The Labute approximate surface area is 431 Å². The van der Waals surface area contributed by atoms with E-state index in [2.05, 4.69) is 75.1 Å². The third-order valence-corrected chi connectivity index (χ3v) is 18.1. The standard InChI is InChI=1S/C63H120S3/c1-5-9-12-15-18-21-24-27-30-33-36-39-42-45-48-51-55-64-61-58-60(54-8-4)59-62(65-56-52-49-46-43-40-37-34-31-28-25-22-19-16-13-10-6-2)63(61)66-57-53-50-47-44-41-38-35-32-29-26-23-20-17-14-11-7-3/h58-59H,5-57H2,1-4H3. The summed E-state index contributed by atoms with van der Waals surface area (Å²) in [7, 11) is 0. The van der Waals surface area contributed by atoms with Gasteiger partial charge in [0.2, 0.25) is 0 Å². The zero-order valence-corrected chi connectivity index (χ0v) is 48.3. The number of hydrogen-bond acceptors (Lipinski definition) is 3. The van der Waals surface area contributed by atoms with E-state index in [1.54, 1.807) is 20.2 Å². The summed E-state index contributed by atoms with van der Waals surface area (Å²) in [5.74, 6) is 3.89. The molecule has 0 nitrogen and oxygen atoms in total. The fourth-order valence-electron chi connectivity index (χ4n) is 9.91. The average Bonchev–Trinajstić information content (AvgIpc) is 3.32. The normalized spacial score (nSPS) is 11.7. The van der Waals surface area contributed by atoms with E-state index >= 15 is 0 Å². The summed E-state index contributed by atoms with van der Waals surface area (Å²) in [5.41, 5.74) is 1.59. The molecule has 0 spiro atoms. The van der Waals surface area contributed by atoms with Gasteiger partial charge < -0.3 is 0 Å². The van der Waals surface area contributed by atoms with Crippen LogP contribution in [0.1, 0.15) is 348 Å². The summed E-state index contributed by atoms with van der Waals surface area (Å²) < 4.78 is 0. The molecule has 1 aromatic carbocycles. The molecule has 0 saturated carbocycles. The van der Waals surface area contributed by atoms with Crippen molar-refractivity contribution in [3.63, 3.8) is 0 Å². The first-order chi connectivity index (χ1) is 32.8. The van der Waals surface area contributed by atoms with E-state index in [0.29, 0.717) is 0 Å².